The molecule has 1 saturated heterocycles. The SMILES string of the molecule is CN1CCC(N(C)C(=O)COc2ccc(C=N)c3ccccc23)C1. The topological polar surface area (TPSA) is 56.6 Å². The second-order valence-corrected chi connectivity index (χ2v) is 6.34. The normalized spacial score (nSPS) is 17.8. The Morgan fingerprint density at radius 3 is 2.75 bits per heavy atom. The summed E-state index contributed by atoms with van der Waals surface area (Å²) in [5.41, 5.74) is 0.843. The molecule has 1 fully saturated rings. The van der Waals surface area contributed by atoms with Gasteiger partial charge in [0.1, 0.15) is 5.75 Å². The van der Waals surface area contributed by atoms with Crippen LogP contribution in [0.3, 0.4) is 0 Å². The Hall–Kier alpha value is -2.40. The highest BCUT2D eigenvalue weighted by atomic mass is 16.5. The van der Waals surface area contributed by atoms with Gasteiger partial charge in [0.05, 0.1) is 0 Å². The molecule has 1 heterocycles. The molecule has 2 aromatic carbocycles. The van der Waals surface area contributed by atoms with Gasteiger partial charge in [0.2, 0.25) is 0 Å². The summed E-state index contributed by atoms with van der Waals surface area (Å²) in [6.07, 6.45) is 2.34. The molecule has 1 unspecified atom stereocenters. The Balaban J connectivity index is 1.72. The van der Waals surface area contributed by atoms with Crippen molar-refractivity contribution in [2.45, 2.75) is 12.5 Å². The number of hydrogen-bond acceptors (Lipinski definition) is 4. The van der Waals surface area contributed by atoms with Crippen LogP contribution in [0.25, 0.3) is 10.8 Å². The first-order valence-electron chi connectivity index (χ1n) is 8.19. The molecule has 24 heavy (non-hydrogen) atoms. The van der Waals surface area contributed by atoms with Crippen LogP contribution in [0.15, 0.2) is 36.4 Å². The first-order chi connectivity index (χ1) is 11.6. The van der Waals surface area contributed by atoms with Gasteiger partial charge in [0.25, 0.3) is 5.91 Å². The molecule has 0 bridgehead atoms. The molecule has 0 aliphatic carbocycles. The number of likely N-dealkylation sites (N-methyl/N-ethyl adjacent to an activating group) is 2. The molecule has 0 saturated carbocycles. The van der Waals surface area contributed by atoms with Crippen molar-refractivity contribution in [3.8, 4) is 5.75 Å². The lowest BCUT2D eigenvalue weighted by molar-refractivity contribution is -0.133. The fourth-order valence-corrected chi connectivity index (χ4v) is 3.22. The Morgan fingerprint density at radius 2 is 2.08 bits per heavy atom. The number of nitrogens with one attached hydrogen (secondary N) is 1. The van der Waals surface area contributed by atoms with Gasteiger partial charge in [-0.15, -0.1) is 0 Å². The summed E-state index contributed by atoms with van der Waals surface area (Å²) in [6.45, 7) is 1.97. The molecule has 5 heteroatoms. The largest absolute Gasteiger partial charge is 0.483 e. The molecule has 1 amide bonds. The summed E-state index contributed by atoms with van der Waals surface area (Å²) in [7, 11) is 3.93. The van der Waals surface area contributed by atoms with Gasteiger partial charge < -0.3 is 19.9 Å². The van der Waals surface area contributed by atoms with E-state index >= 15 is 0 Å². The number of likely N-dealkylation sites (tertiary alicyclic amines) is 1. The number of amides is 1. The van der Waals surface area contributed by atoms with Gasteiger partial charge in [-0.3, -0.25) is 4.79 Å². The van der Waals surface area contributed by atoms with Gasteiger partial charge >= 0.3 is 0 Å². The van der Waals surface area contributed by atoms with E-state index in [4.69, 9.17) is 10.1 Å². The maximum absolute atomic E-state index is 12.4. The minimum Gasteiger partial charge on any atom is -0.483 e. The quantitative estimate of drug-likeness (QED) is 0.859. The maximum atomic E-state index is 12.4. The van der Waals surface area contributed by atoms with Gasteiger partial charge in [-0.2, -0.15) is 0 Å². The summed E-state index contributed by atoms with van der Waals surface area (Å²) >= 11 is 0. The molecule has 1 N–H and O–H groups in total. The van der Waals surface area contributed by atoms with Crippen molar-refractivity contribution in [3.63, 3.8) is 0 Å². The molecule has 0 aromatic heterocycles. The van der Waals surface area contributed by atoms with Crippen molar-refractivity contribution in [1.82, 2.24) is 9.80 Å². The molecular formula is C19H23N3O2. The third kappa shape index (κ3) is 3.26. The van der Waals surface area contributed by atoms with Gasteiger partial charge in [0.15, 0.2) is 6.61 Å². The molecule has 1 aliphatic rings. The first-order valence-corrected chi connectivity index (χ1v) is 8.19. The number of fused-ring (bicyclic) bond motifs is 1. The number of nitrogens with zero attached hydrogens (tertiary/aromatic N) is 2. The zero-order valence-electron chi connectivity index (χ0n) is 14.2. The minimum atomic E-state index is -0.00416. The van der Waals surface area contributed by atoms with E-state index in [-0.39, 0.29) is 18.6 Å². The summed E-state index contributed by atoms with van der Waals surface area (Å²) in [5, 5.41) is 9.39. The molecule has 1 atom stereocenters. The van der Waals surface area contributed by atoms with E-state index in [9.17, 15) is 4.79 Å². The monoisotopic (exact) mass is 325 g/mol. The van der Waals surface area contributed by atoms with E-state index in [1.807, 2.05) is 43.4 Å². The predicted octanol–water partition coefficient (Wildman–Crippen LogP) is 2.38. The molecule has 0 radical (unpaired) electrons. The predicted molar refractivity (Wildman–Crippen MR) is 96.0 cm³/mol. The summed E-state index contributed by atoms with van der Waals surface area (Å²) < 4.78 is 5.81. The fourth-order valence-electron chi connectivity index (χ4n) is 3.22. The van der Waals surface area contributed by atoms with Crippen molar-refractivity contribution in [1.29, 1.82) is 5.41 Å². The van der Waals surface area contributed by atoms with Crippen LogP contribution in [-0.4, -0.2) is 61.8 Å². The molecule has 1 aliphatic heterocycles. The second kappa shape index (κ2) is 7.01. The fraction of sp³-hybridized carbons (Fsp3) is 0.368. The summed E-state index contributed by atoms with van der Waals surface area (Å²) in [6, 6.07) is 11.7. The van der Waals surface area contributed by atoms with Crippen LogP contribution >= 0.6 is 0 Å². The molecule has 126 valence electrons. The van der Waals surface area contributed by atoms with Crippen molar-refractivity contribution in [2.75, 3.05) is 33.8 Å². The third-order valence-electron chi connectivity index (χ3n) is 4.73. The maximum Gasteiger partial charge on any atom is 0.260 e. The standard InChI is InChI=1S/C19H23N3O2/c1-21-10-9-15(12-21)22(2)19(23)13-24-18-8-7-14(11-20)16-5-3-4-6-17(16)18/h3-8,11,15,20H,9-10,12-13H2,1-2H3. The Labute approximate surface area is 142 Å². The van der Waals surface area contributed by atoms with Crippen molar-refractivity contribution >= 4 is 22.9 Å². The molecule has 2 aromatic rings. The molecule has 0 spiro atoms. The number of carbonyl (C=O) groups is 1. The van der Waals surface area contributed by atoms with Crippen LogP contribution in [-0.2, 0) is 4.79 Å². The van der Waals surface area contributed by atoms with E-state index in [0.717, 1.165) is 35.8 Å². The van der Waals surface area contributed by atoms with E-state index in [1.54, 1.807) is 4.90 Å². The molecular weight excluding hydrogens is 302 g/mol. The lowest BCUT2D eigenvalue weighted by Gasteiger charge is -2.24. The highest BCUT2D eigenvalue weighted by Gasteiger charge is 2.26. The van der Waals surface area contributed by atoms with Crippen LogP contribution in [0.2, 0.25) is 0 Å². The van der Waals surface area contributed by atoms with E-state index in [2.05, 4.69) is 11.9 Å². The number of hydrogen-bond donors (Lipinski definition) is 1. The average Bonchev–Trinajstić information content (AvgIpc) is 3.05. The lowest BCUT2D eigenvalue weighted by atomic mass is 10.0. The molecule has 5 nitrogen and oxygen atoms in total. The van der Waals surface area contributed by atoms with Gasteiger partial charge in [-0.25, -0.2) is 0 Å². The van der Waals surface area contributed by atoms with Crippen LogP contribution in [0.1, 0.15) is 12.0 Å². The smallest absolute Gasteiger partial charge is 0.260 e. The van der Waals surface area contributed by atoms with E-state index < -0.39 is 0 Å². The van der Waals surface area contributed by atoms with Crippen molar-refractivity contribution in [2.24, 2.45) is 0 Å². The van der Waals surface area contributed by atoms with E-state index in [0.29, 0.717) is 5.75 Å². The Morgan fingerprint density at radius 1 is 1.33 bits per heavy atom. The van der Waals surface area contributed by atoms with Crippen molar-refractivity contribution < 1.29 is 9.53 Å². The number of carbonyl (C=O) groups excluding carboxylic acids is 1. The average molecular weight is 325 g/mol. The van der Waals surface area contributed by atoms with Crippen LogP contribution < -0.4 is 4.74 Å². The lowest BCUT2D eigenvalue weighted by Crippen LogP contribution is -2.41. The highest BCUT2D eigenvalue weighted by molar-refractivity contribution is 6.01. The zero-order valence-corrected chi connectivity index (χ0v) is 14.2. The van der Waals surface area contributed by atoms with Crippen molar-refractivity contribution in [3.05, 3.63) is 42.0 Å². The third-order valence-corrected chi connectivity index (χ3v) is 4.73. The van der Waals surface area contributed by atoms with Crippen LogP contribution in [0, 0.1) is 5.41 Å². The second-order valence-electron chi connectivity index (χ2n) is 6.34. The molecule has 3 rings (SSSR count). The highest BCUT2D eigenvalue weighted by Crippen LogP contribution is 2.28. The van der Waals surface area contributed by atoms with Gasteiger partial charge in [-0.05, 0) is 37.5 Å². The van der Waals surface area contributed by atoms with Gasteiger partial charge in [-0.1, -0.05) is 24.3 Å². The van der Waals surface area contributed by atoms with Gasteiger partial charge in [0, 0.05) is 36.8 Å². The summed E-state index contributed by atoms with van der Waals surface area (Å²) in [5.74, 6) is 0.678. The summed E-state index contributed by atoms with van der Waals surface area (Å²) in [4.78, 5) is 16.5. The zero-order chi connectivity index (χ0) is 17.1. The Kier molecular flexibility index (Phi) is 4.81. The van der Waals surface area contributed by atoms with Crippen LogP contribution in [0.5, 0.6) is 5.75 Å². The number of rotatable bonds is 5. The Bertz CT molecular complexity index is 759. The number of ether oxygens (including phenoxy) is 1. The first kappa shape index (κ1) is 16.5. The number of benzene rings is 2. The van der Waals surface area contributed by atoms with E-state index in [1.165, 1.54) is 6.21 Å². The van der Waals surface area contributed by atoms with Crippen LogP contribution in [0.4, 0.5) is 0 Å². The minimum absolute atomic E-state index is 0.00416.